The molecule has 0 saturated carbocycles. The molecule has 0 aromatic heterocycles. The Morgan fingerprint density at radius 3 is 2.62 bits per heavy atom. The van der Waals surface area contributed by atoms with E-state index in [4.69, 9.17) is 10.4 Å². The first-order valence-electron chi connectivity index (χ1n) is 5.33. The average molecular weight is 225 g/mol. The van der Waals surface area contributed by atoms with Gasteiger partial charge in [0.15, 0.2) is 0 Å². The van der Waals surface area contributed by atoms with Crippen LogP contribution in [0.25, 0.3) is 0 Å². The van der Waals surface area contributed by atoms with Crippen LogP contribution >= 0.6 is 0 Å². The van der Waals surface area contributed by atoms with Crippen LogP contribution in [0.1, 0.15) is 27.2 Å². The molecule has 0 radical (unpaired) electrons. The number of nitrogens with one attached hydrogen (secondary N) is 2. The van der Waals surface area contributed by atoms with E-state index in [0.717, 1.165) is 6.42 Å². The van der Waals surface area contributed by atoms with Crippen molar-refractivity contribution >= 4 is 5.91 Å². The maximum atomic E-state index is 11.5. The highest BCUT2D eigenvalue weighted by atomic mass is 16.3. The number of amides is 1. The number of nitrogens with zero attached hydrogens (tertiary/aromatic N) is 1. The summed E-state index contributed by atoms with van der Waals surface area (Å²) in [6.07, 6.45) is 1.62. The molecule has 0 aliphatic heterocycles. The van der Waals surface area contributed by atoms with Crippen LogP contribution < -0.4 is 10.6 Å². The lowest BCUT2D eigenvalue weighted by Gasteiger charge is -2.10. The van der Waals surface area contributed by atoms with Crippen LogP contribution in [0, 0.1) is 11.3 Å². The van der Waals surface area contributed by atoms with Gasteiger partial charge in [0.25, 0.3) is 5.91 Å². The van der Waals surface area contributed by atoms with E-state index < -0.39 is 12.0 Å². The molecule has 16 heavy (non-hydrogen) atoms. The molecule has 0 spiro atoms. The molecule has 0 aromatic rings. The first-order valence-corrected chi connectivity index (χ1v) is 5.33. The summed E-state index contributed by atoms with van der Waals surface area (Å²) in [5.41, 5.74) is 0.0148. The minimum Gasteiger partial charge on any atom is -0.392 e. The number of carbonyl (C=O) groups is 1. The predicted molar refractivity (Wildman–Crippen MR) is 61.3 cm³/mol. The van der Waals surface area contributed by atoms with Gasteiger partial charge in [-0.3, -0.25) is 4.79 Å². The molecule has 0 fully saturated rings. The fourth-order valence-electron chi connectivity index (χ4n) is 0.884. The zero-order valence-electron chi connectivity index (χ0n) is 9.95. The van der Waals surface area contributed by atoms with Gasteiger partial charge in [-0.25, -0.2) is 0 Å². The van der Waals surface area contributed by atoms with Gasteiger partial charge >= 0.3 is 0 Å². The van der Waals surface area contributed by atoms with Gasteiger partial charge < -0.3 is 15.7 Å². The van der Waals surface area contributed by atoms with Gasteiger partial charge in [-0.1, -0.05) is 6.92 Å². The highest BCUT2D eigenvalue weighted by molar-refractivity contribution is 5.97. The predicted octanol–water partition coefficient (Wildman–Crippen LogP) is 0.279. The van der Waals surface area contributed by atoms with Gasteiger partial charge in [-0.05, 0) is 20.3 Å². The summed E-state index contributed by atoms with van der Waals surface area (Å²) in [6.45, 7) is 5.75. The third-order valence-corrected chi connectivity index (χ3v) is 2.01. The van der Waals surface area contributed by atoms with Crippen molar-refractivity contribution in [1.82, 2.24) is 10.6 Å². The third kappa shape index (κ3) is 6.04. The number of aliphatic hydroxyl groups excluding tert-OH is 1. The molecular formula is C11H19N3O2. The molecule has 0 saturated heterocycles. The summed E-state index contributed by atoms with van der Waals surface area (Å²) in [5.74, 6) is -0.394. The van der Waals surface area contributed by atoms with Gasteiger partial charge in [-0.15, -0.1) is 0 Å². The molecule has 0 heterocycles. The number of hydrogen-bond donors (Lipinski definition) is 3. The standard InChI is InChI=1S/C11H19N3O2/c1-4-8(2)14-11(16)10(5-12)7-13-6-9(3)15/h7-9,13,15H,4,6H2,1-3H3,(H,14,16)/b10-7-. The lowest BCUT2D eigenvalue weighted by Crippen LogP contribution is -2.33. The number of carbonyl (C=O) groups excluding carboxylic acids is 1. The molecular weight excluding hydrogens is 206 g/mol. The summed E-state index contributed by atoms with van der Waals surface area (Å²) >= 11 is 0. The second kappa shape index (κ2) is 7.71. The quantitative estimate of drug-likeness (QED) is 0.447. The van der Waals surface area contributed by atoms with Gasteiger partial charge in [0.1, 0.15) is 11.6 Å². The van der Waals surface area contributed by atoms with E-state index in [1.165, 1.54) is 6.20 Å². The minimum atomic E-state index is -0.520. The summed E-state index contributed by atoms with van der Waals surface area (Å²) in [7, 11) is 0. The molecule has 2 atom stereocenters. The second-order valence-electron chi connectivity index (χ2n) is 3.71. The van der Waals surface area contributed by atoms with Crippen molar-refractivity contribution in [2.24, 2.45) is 0 Å². The number of hydrogen-bond acceptors (Lipinski definition) is 4. The van der Waals surface area contributed by atoms with Gasteiger partial charge in [-0.2, -0.15) is 5.26 Å². The highest BCUT2D eigenvalue weighted by Crippen LogP contribution is 1.94. The number of rotatable bonds is 6. The van der Waals surface area contributed by atoms with Crippen molar-refractivity contribution in [1.29, 1.82) is 5.26 Å². The summed E-state index contributed by atoms with van der Waals surface area (Å²) in [4.78, 5) is 11.5. The Balaban J connectivity index is 4.27. The normalized spacial score (nSPS) is 14.8. The first-order chi connectivity index (χ1) is 7.51. The van der Waals surface area contributed by atoms with Crippen molar-refractivity contribution in [3.8, 4) is 6.07 Å². The Morgan fingerprint density at radius 1 is 1.56 bits per heavy atom. The van der Waals surface area contributed by atoms with Crippen LogP contribution in [0.2, 0.25) is 0 Å². The molecule has 0 aliphatic carbocycles. The minimum absolute atomic E-state index is 0.0148. The maximum absolute atomic E-state index is 11.5. The summed E-state index contributed by atoms with van der Waals surface area (Å²) < 4.78 is 0. The van der Waals surface area contributed by atoms with Crippen LogP contribution in [0.5, 0.6) is 0 Å². The second-order valence-corrected chi connectivity index (χ2v) is 3.71. The molecule has 1 amide bonds. The van der Waals surface area contributed by atoms with Crippen LogP contribution in [0.15, 0.2) is 11.8 Å². The van der Waals surface area contributed by atoms with Crippen molar-refractivity contribution < 1.29 is 9.90 Å². The average Bonchev–Trinajstić information content (AvgIpc) is 2.23. The Bertz CT molecular complexity index is 292. The molecule has 0 aliphatic rings. The van der Waals surface area contributed by atoms with E-state index in [1.807, 2.05) is 19.9 Å². The van der Waals surface area contributed by atoms with E-state index >= 15 is 0 Å². The van der Waals surface area contributed by atoms with Gasteiger partial charge in [0, 0.05) is 18.8 Å². The van der Waals surface area contributed by atoms with E-state index in [0.29, 0.717) is 6.54 Å². The van der Waals surface area contributed by atoms with E-state index in [2.05, 4.69) is 10.6 Å². The van der Waals surface area contributed by atoms with Crippen molar-refractivity contribution in [2.75, 3.05) is 6.54 Å². The maximum Gasteiger partial charge on any atom is 0.263 e. The van der Waals surface area contributed by atoms with E-state index in [9.17, 15) is 4.79 Å². The van der Waals surface area contributed by atoms with Crippen LogP contribution in [0.4, 0.5) is 0 Å². The first kappa shape index (κ1) is 14.5. The lowest BCUT2D eigenvalue weighted by atomic mass is 10.2. The number of nitriles is 1. The van der Waals surface area contributed by atoms with Crippen LogP contribution in [0.3, 0.4) is 0 Å². The van der Waals surface area contributed by atoms with Gasteiger partial charge in [0.05, 0.1) is 6.10 Å². The molecule has 5 heteroatoms. The molecule has 0 bridgehead atoms. The van der Waals surface area contributed by atoms with E-state index in [-0.39, 0.29) is 11.6 Å². The summed E-state index contributed by atoms with van der Waals surface area (Å²) in [6, 6.07) is 1.85. The zero-order valence-corrected chi connectivity index (χ0v) is 9.95. The smallest absolute Gasteiger partial charge is 0.263 e. The highest BCUT2D eigenvalue weighted by Gasteiger charge is 2.10. The SMILES string of the molecule is CCC(C)NC(=O)/C(C#N)=C\NCC(C)O. The third-order valence-electron chi connectivity index (χ3n) is 2.01. The zero-order chi connectivity index (χ0) is 12.6. The molecule has 2 unspecified atom stereocenters. The fourth-order valence-corrected chi connectivity index (χ4v) is 0.884. The Hall–Kier alpha value is -1.54. The monoisotopic (exact) mass is 225 g/mol. The molecule has 3 N–H and O–H groups in total. The molecule has 5 nitrogen and oxygen atoms in total. The van der Waals surface area contributed by atoms with Crippen LogP contribution in [-0.4, -0.2) is 29.7 Å². The Kier molecular flexibility index (Phi) is 6.97. The van der Waals surface area contributed by atoms with Crippen LogP contribution in [-0.2, 0) is 4.79 Å². The van der Waals surface area contributed by atoms with Crippen molar-refractivity contribution in [3.05, 3.63) is 11.8 Å². The van der Waals surface area contributed by atoms with Gasteiger partial charge in [0.2, 0.25) is 0 Å². The van der Waals surface area contributed by atoms with Crippen molar-refractivity contribution in [2.45, 2.75) is 39.3 Å². The lowest BCUT2D eigenvalue weighted by molar-refractivity contribution is -0.117. The Morgan fingerprint density at radius 2 is 2.19 bits per heavy atom. The molecule has 0 aromatic carbocycles. The summed E-state index contributed by atoms with van der Waals surface area (Å²) in [5, 5.41) is 23.1. The Labute approximate surface area is 96.1 Å². The largest absolute Gasteiger partial charge is 0.392 e. The van der Waals surface area contributed by atoms with E-state index in [1.54, 1.807) is 6.92 Å². The topological polar surface area (TPSA) is 85.2 Å². The molecule has 90 valence electrons. The fraction of sp³-hybridized carbons (Fsp3) is 0.636. The number of aliphatic hydroxyl groups is 1. The molecule has 0 rings (SSSR count). The van der Waals surface area contributed by atoms with Crippen molar-refractivity contribution in [3.63, 3.8) is 0 Å².